The van der Waals surface area contributed by atoms with Gasteiger partial charge in [-0.25, -0.2) is 0 Å². The first-order valence-corrected chi connectivity index (χ1v) is 4.20. The Morgan fingerprint density at radius 1 is 1.46 bits per heavy atom. The van der Waals surface area contributed by atoms with E-state index in [1.807, 2.05) is 0 Å². The van der Waals surface area contributed by atoms with Crippen molar-refractivity contribution >= 4 is 23.1 Å². The van der Waals surface area contributed by atoms with Crippen LogP contribution in [0.25, 0.3) is 0 Å². The predicted octanol–water partition coefficient (Wildman–Crippen LogP) is -2.75. The zero-order valence-electron chi connectivity index (χ0n) is 7.49. The molecule has 0 saturated carbocycles. The number of hydrogen-bond donors (Lipinski definition) is 0. The first kappa shape index (κ1) is 13.5. The molecule has 5 heteroatoms. The van der Waals surface area contributed by atoms with Gasteiger partial charge in [-0.05, 0) is 19.1 Å². The van der Waals surface area contributed by atoms with E-state index >= 15 is 0 Å². The Morgan fingerprint density at radius 2 is 2.08 bits per heavy atom. The molecule has 1 rings (SSSR count). The van der Waals surface area contributed by atoms with Crippen molar-refractivity contribution in [2.45, 2.75) is 13.3 Å². The molecule has 0 atom stereocenters. The van der Waals surface area contributed by atoms with Gasteiger partial charge in [-0.3, -0.25) is 4.79 Å². The maximum absolute atomic E-state index is 10.8. The maximum Gasteiger partial charge on any atom is 1.00 e. The van der Waals surface area contributed by atoms with Crippen LogP contribution in [0.1, 0.15) is 21.5 Å². The number of Topliss-reactive ketones (excluding diaryl/α,β-unsaturated/α-hetero) is 1. The van der Waals surface area contributed by atoms with Gasteiger partial charge in [-0.1, -0.05) is 0 Å². The fourth-order valence-corrected chi connectivity index (χ4v) is 1.69. The zero-order chi connectivity index (χ0) is 9.14. The van der Waals surface area contributed by atoms with Crippen LogP contribution in [0.3, 0.4) is 0 Å². The zero-order valence-corrected chi connectivity index (χ0v) is 11.4. The molecule has 1 heterocycles. The average molecular weight is 222 g/mol. The normalized spacial score (nSPS) is 9.00. The van der Waals surface area contributed by atoms with E-state index in [1.54, 1.807) is 12.1 Å². The number of carboxylic acid groups (broad SMARTS) is 1. The van der Waals surface area contributed by atoms with E-state index in [9.17, 15) is 14.7 Å². The molecule has 3 nitrogen and oxygen atoms in total. The summed E-state index contributed by atoms with van der Waals surface area (Å²) in [6.45, 7) is 1.45. The topological polar surface area (TPSA) is 57.2 Å². The molecule has 0 aliphatic carbocycles. The number of aliphatic carboxylic acids is 1. The molecule has 13 heavy (non-hydrogen) atoms. The Bertz CT molecular complexity index is 319. The number of carbonyl (C=O) groups excluding carboxylic acids is 2. The fraction of sp³-hybridized carbons (Fsp3) is 0.250. The number of hydrogen-bond acceptors (Lipinski definition) is 4. The third-order valence-corrected chi connectivity index (χ3v) is 2.51. The Hall–Kier alpha value is 0.476. The van der Waals surface area contributed by atoms with Crippen molar-refractivity contribution in [3.8, 4) is 0 Å². The third-order valence-electron chi connectivity index (χ3n) is 1.33. The van der Waals surface area contributed by atoms with Crippen molar-refractivity contribution in [2.75, 3.05) is 0 Å². The van der Waals surface area contributed by atoms with Gasteiger partial charge in [0, 0.05) is 17.3 Å². The van der Waals surface area contributed by atoms with Gasteiger partial charge in [0.15, 0.2) is 5.78 Å². The summed E-state index contributed by atoms with van der Waals surface area (Å²) in [5.74, 6) is -1.16. The van der Waals surface area contributed by atoms with Gasteiger partial charge in [-0.15, -0.1) is 11.3 Å². The first-order chi connectivity index (χ1) is 5.59. The number of carboxylic acids is 1. The molecule has 0 fully saturated rings. The van der Waals surface area contributed by atoms with Crippen molar-refractivity contribution < 1.29 is 66.1 Å². The Labute approximate surface area is 123 Å². The van der Waals surface area contributed by atoms with E-state index in [2.05, 4.69) is 0 Å². The van der Waals surface area contributed by atoms with Crippen LogP contribution in [0.4, 0.5) is 0 Å². The molecule has 64 valence electrons. The SMILES string of the molecule is CC(=O)c1ccc(CC(=O)[O-])s1.[K+]. The number of thiophene rings is 1. The Morgan fingerprint density at radius 3 is 2.46 bits per heavy atom. The van der Waals surface area contributed by atoms with Crippen LogP contribution in [0.5, 0.6) is 0 Å². The van der Waals surface area contributed by atoms with Gasteiger partial charge in [0.25, 0.3) is 0 Å². The van der Waals surface area contributed by atoms with Crippen LogP contribution in [0, 0.1) is 0 Å². The van der Waals surface area contributed by atoms with Gasteiger partial charge in [0.05, 0.1) is 4.88 Å². The van der Waals surface area contributed by atoms with Gasteiger partial charge in [-0.2, -0.15) is 0 Å². The molecule has 0 spiro atoms. The summed E-state index contributed by atoms with van der Waals surface area (Å²) in [4.78, 5) is 22.2. The molecule has 0 radical (unpaired) electrons. The van der Waals surface area contributed by atoms with Crippen molar-refractivity contribution in [1.82, 2.24) is 0 Å². The maximum atomic E-state index is 10.8. The third kappa shape index (κ3) is 4.48. The molecule has 0 unspecified atom stereocenters. The number of carbonyl (C=O) groups is 2. The molecule has 0 amide bonds. The monoisotopic (exact) mass is 222 g/mol. The van der Waals surface area contributed by atoms with Crippen LogP contribution in [0.2, 0.25) is 0 Å². The second kappa shape index (κ2) is 6.05. The number of ketones is 1. The van der Waals surface area contributed by atoms with Crippen molar-refractivity contribution in [3.05, 3.63) is 21.9 Å². The Balaban J connectivity index is 0.00000144. The van der Waals surface area contributed by atoms with Crippen LogP contribution >= 0.6 is 11.3 Å². The Kier molecular flexibility index (Phi) is 6.27. The minimum Gasteiger partial charge on any atom is -0.550 e. The van der Waals surface area contributed by atoms with Gasteiger partial charge in [0.1, 0.15) is 0 Å². The predicted molar refractivity (Wildman–Crippen MR) is 43.0 cm³/mol. The molecule has 1 aromatic heterocycles. The summed E-state index contributed by atoms with van der Waals surface area (Å²) in [6.07, 6.45) is -0.113. The molecular formula is C8H7KO3S. The van der Waals surface area contributed by atoms with E-state index in [0.29, 0.717) is 9.75 Å². The molecule has 0 bridgehead atoms. The van der Waals surface area contributed by atoms with E-state index in [0.717, 1.165) is 0 Å². The van der Waals surface area contributed by atoms with Crippen molar-refractivity contribution in [1.29, 1.82) is 0 Å². The largest absolute Gasteiger partial charge is 1.00 e. The fourth-order valence-electron chi connectivity index (χ4n) is 0.804. The van der Waals surface area contributed by atoms with E-state index in [-0.39, 0.29) is 63.6 Å². The molecule has 0 N–H and O–H groups in total. The number of rotatable bonds is 3. The van der Waals surface area contributed by atoms with Gasteiger partial charge in [0.2, 0.25) is 0 Å². The summed E-state index contributed by atoms with van der Waals surface area (Å²) < 4.78 is 0. The second-order valence-corrected chi connectivity index (χ2v) is 3.54. The molecule has 0 aromatic carbocycles. The van der Waals surface area contributed by atoms with Crippen molar-refractivity contribution in [3.63, 3.8) is 0 Å². The van der Waals surface area contributed by atoms with Gasteiger partial charge < -0.3 is 9.90 Å². The summed E-state index contributed by atoms with van der Waals surface area (Å²) >= 11 is 1.20. The van der Waals surface area contributed by atoms with E-state index in [4.69, 9.17) is 0 Å². The quantitative estimate of drug-likeness (QED) is 0.411. The standard InChI is InChI=1S/C8H8O3S.K/c1-5(9)7-3-2-6(12-7)4-8(10)11;/h2-3H,4H2,1H3,(H,10,11);/q;+1/p-1. The molecular weight excluding hydrogens is 215 g/mol. The minimum atomic E-state index is -1.12. The summed E-state index contributed by atoms with van der Waals surface area (Å²) in [5.41, 5.74) is 0. The molecule has 0 aliphatic heterocycles. The van der Waals surface area contributed by atoms with E-state index < -0.39 is 5.97 Å². The molecule has 0 saturated heterocycles. The van der Waals surface area contributed by atoms with E-state index in [1.165, 1.54) is 18.3 Å². The second-order valence-electron chi connectivity index (χ2n) is 2.37. The first-order valence-electron chi connectivity index (χ1n) is 3.39. The molecule has 0 aliphatic rings. The van der Waals surface area contributed by atoms with Crippen LogP contribution < -0.4 is 56.5 Å². The summed E-state index contributed by atoms with van der Waals surface area (Å²) in [5, 5.41) is 10.2. The van der Waals surface area contributed by atoms with Crippen LogP contribution in [0.15, 0.2) is 12.1 Å². The smallest absolute Gasteiger partial charge is 0.550 e. The minimum absolute atomic E-state index is 0. The van der Waals surface area contributed by atoms with Crippen LogP contribution in [-0.2, 0) is 11.2 Å². The van der Waals surface area contributed by atoms with Crippen molar-refractivity contribution in [2.24, 2.45) is 0 Å². The summed E-state index contributed by atoms with van der Waals surface area (Å²) in [7, 11) is 0. The van der Waals surface area contributed by atoms with Crippen LogP contribution in [-0.4, -0.2) is 11.8 Å². The average Bonchev–Trinajstić information content (AvgIpc) is 2.34. The summed E-state index contributed by atoms with van der Waals surface area (Å²) in [6, 6.07) is 3.27. The molecule has 1 aromatic rings. The van der Waals surface area contributed by atoms with Gasteiger partial charge >= 0.3 is 51.4 Å².